The van der Waals surface area contributed by atoms with Crippen LogP contribution in [0.5, 0.6) is 0 Å². The minimum Gasteiger partial charge on any atom is -0.466 e. The number of hydrogen-bond donors (Lipinski definition) is 0. The van der Waals surface area contributed by atoms with Gasteiger partial charge in [-0.3, -0.25) is 4.79 Å². The Morgan fingerprint density at radius 3 is 1.33 bits per heavy atom. The maximum absolute atomic E-state index is 10.6. The molecule has 0 aliphatic rings. The third-order valence-corrected chi connectivity index (χ3v) is 4.39. The lowest BCUT2D eigenvalue weighted by molar-refractivity contribution is -0.141. The molecule has 0 radical (unpaired) electrons. The van der Waals surface area contributed by atoms with Crippen molar-refractivity contribution >= 4 is 21.9 Å². The van der Waals surface area contributed by atoms with E-state index in [0.29, 0.717) is 6.61 Å². The van der Waals surface area contributed by atoms with Crippen LogP contribution >= 0.6 is 15.9 Å². The predicted octanol–water partition coefficient (Wildman–Crippen LogP) is 6.41. The van der Waals surface area contributed by atoms with E-state index < -0.39 is 0 Å². The van der Waals surface area contributed by atoms with Crippen LogP contribution in [0.25, 0.3) is 0 Å². The van der Waals surface area contributed by atoms with E-state index in [1.54, 1.807) is 0 Å². The summed E-state index contributed by atoms with van der Waals surface area (Å²) in [6.45, 7) is 2.08. The van der Waals surface area contributed by atoms with Gasteiger partial charge >= 0.3 is 5.97 Å². The first-order valence-electron chi connectivity index (χ1n) is 8.96. The van der Waals surface area contributed by atoms with Crippen LogP contribution in [-0.4, -0.2) is 17.9 Å². The Morgan fingerprint density at radius 1 is 0.667 bits per heavy atom. The molecule has 0 atom stereocenters. The van der Waals surface area contributed by atoms with E-state index in [9.17, 15) is 4.79 Å². The van der Waals surface area contributed by atoms with Crippen LogP contribution in [0.15, 0.2) is 0 Å². The molecule has 0 unspecified atom stereocenters. The average Bonchev–Trinajstić information content (AvgIpc) is 2.46. The maximum atomic E-state index is 10.6. The van der Waals surface area contributed by atoms with Crippen molar-refractivity contribution < 1.29 is 9.53 Å². The number of unbranched alkanes of at least 4 members (excludes halogenated alkanes) is 13. The minimum absolute atomic E-state index is 0.155. The highest BCUT2D eigenvalue weighted by atomic mass is 79.9. The van der Waals surface area contributed by atoms with Crippen molar-refractivity contribution in [2.75, 3.05) is 11.9 Å². The van der Waals surface area contributed by atoms with Gasteiger partial charge in [0.15, 0.2) is 0 Å². The fourth-order valence-corrected chi connectivity index (χ4v) is 2.93. The van der Waals surface area contributed by atoms with Crippen molar-refractivity contribution in [2.45, 2.75) is 96.8 Å². The maximum Gasteiger partial charge on any atom is 0.302 e. The first-order valence-corrected chi connectivity index (χ1v) is 10.1. The molecule has 0 aliphatic carbocycles. The Kier molecular flexibility index (Phi) is 18.0. The van der Waals surface area contributed by atoms with Gasteiger partial charge in [0.05, 0.1) is 6.61 Å². The zero-order valence-electron chi connectivity index (χ0n) is 14.0. The van der Waals surface area contributed by atoms with Gasteiger partial charge in [0.25, 0.3) is 0 Å². The van der Waals surface area contributed by atoms with Gasteiger partial charge in [-0.05, 0) is 12.8 Å². The second-order valence-electron chi connectivity index (χ2n) is 5.98. The lowest BCUT2D eigenvalue weighted by Gasteiger charge is -2.03. The molecule has 0 spiro atoms. The van der Waals surface area contributed by atoms with E-state index in [1.165, 1.54) is 90.4 Å². The van der Waals surface area contributed by atoms with E-state index >= 15 is 0 Å². The quantitative estimate of drug-likeness (QED) is 0.180. The molecule has 0 heterocycles. The van der Waals surface area contributed by atoms with Crippen LogP contribution in [0, 0.1) is 0 Å². The fraction of sp³-hybridized carbons (Fsp3) is 0.944. The summed E-state index contributed by atoms with van der Waals surface area (Å²) < 4.78 is 4.91. The molecule has 0 saturated heterocycles. The van der Waals surface area contributed by atoms with Gasteiger partial charge in [-0.15, -0.1) is 0 Å². The summed E-state index contributed by atoms with van der Waals surface area (Å²) in [6.07, 6.45) is 18.9. The van der Waals surface area contributed by atoms with Crippen molar-refractivity contribution in [3.05, 3.63) is 0 Å². The molecular weight excluding hydrogens is 328 g/mol. The topological polar surface area (TPSA) is 26.3 Å². The van der Waals surface area contributed by atoms with Crippen molar-refractivity contribution in [1.82, 2.24) is 0 Å². The van der Waals surface area contributed by atoms with Crippen LogP contribution < -0.4 is 0 Å². The Bertz CT molecular complexity index is 219. The zero-order chi connectivity index (χ0) is 15.6. The second-order valence-corrected chi connectivity index (χ2v) is 6.77. The van der Waals surface area contributed by atoms with Gasteiger partial charge in [-0.2, -0.15) is 0 Å². The SMILES string of the molecule is CC(=O)OCCCCCCCCCCCCCCCCBr. The van der Waals surface area contributed by atoms with Crippen molar-refractivity contribution in [2.24, 2.45) is 0 Å². The summed E-state index contributed by atoms with van der Waals surface area (Å²) in [5.41, 5.74) is 0. The molecule has 0 bridgehead atoms. The van der Waals surface area contributed by atoms with Gasteiger partial charge in [-0.1, -0.05) is 93.0 Å². The zero-order valence-corrected chi connectivity index (χ0v) is 15.6. The number of alkyl halides is 1. The Morgan fingerprint density at radius 2 is 1.00 bits per heavy atom. The molecule has 0 rings (SSSR count). The fourth-order valence-electron chi connectivity index (χ4n) is 2.53. The number of carbonyl (C=O) groups is 1. The summed E-state index contributed by atoms with van der Waals surface area (Å²) in [5.74, 6) is -0.155. The van der Waals surface area contributed by atoms with Crippen LogP contribution in [0.2, 0.25) is 0 Å². The van der Waals surface area contributed by atoms with E-state index in [1.807, 2.05) is 0 Å². The first-order chi connectivity index (χ1) is 10.3. The van der Waals surface area contributed by atoms with Gasteiger partial charge in [-0.25, -0.2) is 0 Å². The molecule has 3 heteroatoms. The van der Waals surface area contributed by atoms with E-state index in [-0.39, 0.29) is 5.97 Å². The molecule has 0 N–H and O–H groups in total. The number of carbonyl (C=O) groups excluding carboxylic acids is 1. The Labute approximate surface area is 140 Å². The highest BCUT2D eigenvalue weighted by Gasteiger charge is 1.95. The van der Waals surface area contributed by atoms with E-state index in [2.05, 4.69) is 15.9 Å². The van der Waals surface area contributed by atoms with Crippen LogP contribution in [0.4, 0.5) is 0 Å². The number of esters is 1. The average molecular weight is 363 g/mol. The summed E-state index contributed by atoms with van der Waals surface area (Å²) in [6, 6.07) is 0. The van der Waals surface area contributed by atoms with Crippen molar-refractivity contribution in [3.8, 4) is 0 Å². The molecule has 0 aliphatic heterocycles. The van der Waals surface area contributed by atoms with Gasteiger partial charge in [0.1, 0.15) is 0 Å². The van der Waals surface area contributed by atoms with Crippen LogP contribution in [0.3, 0.4) is 0 Å². The molecule has 126 valence electrons. The molecule has 0 aromatic rings. The summed E-state index contributed by atoms with van der Waals surface area (Å²) in [7, 11) is 0. The molecule has 0 aromatic carbocycles. The largest absolute Gasteiger partial charge is 0.466 e. The van der Waals surface area contributed by atoms with Crippen LogP contribution in [0.1, 0.15) is 96.8 Å². The summed E-state index contributed by atoms with van der Waals surface area (Å²) >= 11 is 3.48. The molecule has 0 saturated carbocycles. The molecular formula is C18H35BrO2. The van der Waals surface area contributed by atoms with Crippen LogP contribution in [-0.2, 0) is 9.53 Å². The Balaban J connectivity index is 2.95. The third-order valence-electron chi connectivity index (χ3n) is 3.83. The third kappa shape index (κ3) is 19.9. The number of hydrogen-bond acceptors (Lipinski definition) is 2. The van der Waals surface area contributed by atoms with Gasteiger partial charge in [0.2, 0.25) is 0 Å². The number of rotatable bonds is 16. The van der Waals surface area contributed by atoms with Gasteiger partial charge < -0.3 is 4.74 Å². The lowest BCUT2D eigenvalue weighted by atomic mass is 10.0. The highest BCUT2D eigenvalue weighted by molar-refractivity contribution is 9.09. The Hall–Kier alpha value is -0.0500. The van der Waals surface area contributed by atoms with E-state index in [0.717, 1.165) is 11.8 Å². The predicted molar refractivity (Wildman–Crippen MR) is 95.1 cm³/mol. The smallest absolute Gasteiger partial charge is 0.302 e. The minimum atomic E-state index is -0.155. The number of halogens is 1. The number of ether oxygens (including phenoxy) is 1. The lowest BCUT2D eigenvalue weighted by Crippen LogP contribution is -2.00. The van der Waals surface area contributed by atoms with Crippen molar-refractivity contribution in [1.29, 1.82) is 0 Å². The second kappa shape index (κ2) is 18.0. The summed E-state index contributed by atoms with van der Waals surface area (Å²) in [5, 5.41) is 1.16. The first kappa shape index (κ1) is 20.9. The van der Waals surface area contributed by atoms with Crippen molar-refractivity contribution in [3.63, 3.8) is 0 Å². The molecule has 0 amide bonds. The normalized spacial score (nSPS) is 10.8. The molecule has 0 fully saturated rings. The van der Waals surface area contributed by atoms with E-state index in [4.69, 9.17) is 4.74 Å². The standard InChI is InChI=1S/C18H35BrO2/c1-18(20)21-17-15-13-11-9-7-5-3-2-4-6-8-10-12-14-16-19/h2-17H2,1H3. The monoisotopic (exact) mass is 362 g/mol. The highest BCUT2D eigenvalue weighted by Crippen LogP contribution is 2.13. The molecule has 2 nitrogen and oxygen atoms in total. The molecule has 21 heavy (non-hydrogen) atoms. The summed E-state index contributed by atoms with van der Waals surface area (Å²) in [4.78, 5) is 10.6. The van der Waals surface area contributed by atoms with Gasteiger partial charge in [0, 0.05) is 12.3 Å². The molecule has 0 aromatic heterocycles.